The Balaban J connectivity index is 1.88. The molecule has 0 aromatic heterocycles. The minimum absolute atomic E-state index is 0.0198. The number of nitro groups is 1. The Morgan fingerprint density at radius 2 is 1.79 bits per heavy atom. The number of para-hydroxylation sites is 2. The molecule has 0 saturated carbocycles. The largest absolute Gasteiger partial charge is 0.454 e. The van der Waals surface area contributed by atoms with Crippen LogP contribution in [-0.4, -0.2) is 35.4 Å². The molecular weight excluding hydrogens is 390 g/mol. The average Bonchev–Trinajstić information content (AvgIpc) is 2.66. The number of carbonyl (C=O) groups excluding carboxylic acids is 3. The molecule has 2 amide bonds. The topological polar surface area (TPSA) is 128 Å². The van der Waals surface area contributed by atoms with Gasteiger partial charge in [0.15, 0.2) is 6.61 Å². The third-order valence-corrected chi connectivity index (χ3v) is 3.87. The Morgan fingerprint density at radius 1 is 1.14 bits per heavy atom. The lowest BCUT2D eigenvalue weighted by Crippen LogP contribution is -2.40. The van der Waals surface area contributed by atoms with E-state index in [1.54, 1.807) is 12.1 Å². The van der Waals surface area contributed by atoms with Crippen molar-refractivity contribution in [2.75, 3.05) is 11.9 Å². The van der Waals surface area contributed by atoms with Gasteiger partial charge in [0.05, 0.1) is 15.5 Å². The highest BCUT2D eigenvalue weighted by molar-refractivity contribution is 6.33. The molecule has 0 heterocycles. The Labute approximate surface area is 164 Å². The molecule has 0 fully saturated rings. The fourth-order valence-corrected chi connectivity index (χ4v) is 2.39. The van der Waals surface area contributed by atoms with Crippen LogP contribution in [0, 0.1) is 10.1 Å². The van der Waals surface area contributed by atoms with E-state index >= 15 is 0 Å². The first-order valence-electron chi connectivity index (χ1n) is 8.05. The van der Waals surface area contributed by atoms with Crippen molar-refractivity contribution in [3.05, 3.63) is 69.2 Å². The second kappa shape index (κ2) is 9.47. The number of ether oxygens (including phenoxy) is 1. The summed E-state index contributed by atoms with van der Waals surface area (Å²) in [6.07, 6.45) is 0. The molecule has 0 aliphatic carbocycles. The minimum atomic E-state index is -1.04. The second-order valence-electron chi connectivity index (χ2n) is 5.61. The highest BCUT2D eigenvalue weighted by Gasteiger charge is 2.21. The monoisotopic (exact) mass is 405 g/mol. The molecule has 2 N–H and O–H groups in total. The van der Waals surface area contributed by atoms with Crippen molar-refractivity contribution in [1.29, 1.82) is 0 Å². The summed E-state index contributed by atoms with van der Waals surface area (Å²) in [5.74, 6) is -2.18. The standard InChI is InChI=1S/C18H16ClN3O6/c1-11(20-17(24)12-6-2-3-7-13(12)19)18(25)28-10-16(23)21-14-8-4-5-9-15(14)22(26)27/h2-9,11H,10H2,1H3,(H,20,24)(H,21,23)/t11-/m0/s1. The van der Waals surface area contributed by atoms with Gasteiger partial charge in [0.25, 0.3) is 17.5 Å². The summed E-state index contributed by atoms with van der Waals surface area (Å²) in [5, 5.41) is 15.9. The molecule has 2 aromatic carbocycles. The van der Waals surface area contributed by atoms with Gasteiger partial charge in [-0.25, -0.2) is 4.79 Å². The van der Waals surface area contributed by atoms with Crippen LogP contribution in [-0.2, 0) is 14.3 Å². The fourth-order valence-electron chi connectivity index (χ4n) is 2.17. The van der Waals surface area contributed by atoms with Crippen molar-refractivity contribution in [1.82, 2.24) is 5.32 Å². The Kier molecular flexibility index (Phi) is 7.05. The van der Waals surface area contributed by atoms with E-state index in [9.17, 15) is 24.5 Å². The Hall–Kier alpha value is -3.46. The molecule has 0 radical (unpaired) electrons. The summed E-state index contributed by atoms with van der Waals surface area (Å²) in [5.41, 5.74) is -0.117. The van der Waals surface area contributed by atoms with E-state index in [0.29, 0.717) is 0 Å². The molecule has 2 aromatic rings. The normalized spacial score (nSPS) is 11.2. The number of hydrogen-bond acceptors (Lipinski definition) is 6. The van der Waals surface area contributed by atoms with E-state index in [2.05, 4.69) is 10.6 Å². The number of anilines is 1. The third kappa shape index (κ3) is 5.52. The lowest BCUT2D eigenvalue weighted by molar-refractivity contribution is -0.383. The number of nitro benzene ring substituents is 1. The van der Waals surface area contributed by atoms with Crippen LogP contribution in [0.3, 0.4) is 0 Å². The van der Waals surface area contributed by atoms with Crippen molar-refractivity contribution in [3.63, 3.8) is 0 Å². The number of nitrogens with zero attached hydrogens (tertiary/aromatic N) is 1. The van der Waals surface area contributed by atoms with Crippen molar-refractivity contribution in [2.45, 2.75) is 13.0 Å². The van der Waals surface area contributed by atoms with Crippen LogP contribution in [0.2, 0.25) is 5.02 Å². The molecule has 0 spiro atoms. The maximum Gasteiger partial charge on any atom is 0.328 e. The van der Waals surface area contributed by atoms with Gasteiger partial charge in [-0.3, -0.25) is 19.7 Å². The summed E-state index contributed by atoms with van der Waals surface area (Å²) in [6.45, 7) is 0.716. The number of carbonyl (C=O) groups is 3. The number of esters is 1. The van der Waals surface area contributed by atoms with Crippen LogP contribution in [0.25, 0.3) is 0 Å². The van der Waals surface area contributed by atoms with Crippen LogP contribution in [0.4, 0.5) is 11.4 Å². The zero-order valence-electron chi connectivity index (χ0n) is 14.7. The van der Waals surface area contributed by atoms with Crippen molar-refractivity contribution < 1.29 is 24.0 Å². The highest BCUT2D eigenvalue weighted by Crippen LogP contribution is 2.22. The summed E-state index contributed by atoms with van der Waals surface area (Å²) in [4.78, 5) is 46.2. The van der Waals surface area contributed by atoms with Crippen LogP contribution in [0.1, 0.15) is 17.3 Å². The first kappa shape index (κ1) is 20.8. The van der Waals surface area contributed by atoms with Crippen molar-refractivity contribution >= 4 is 40.8 Å². The van der Waals surface area contributed by atoms with Gasteiger partial charge in [-0.1, -0.05) is 35.9 Å². The summed E-state index contributed by atoms with van der Waals surface area (Å²) < 4.78 is 4.84. The maximum absolute atomic E-state index is 12.1. The lowest BCUT2D eigenvalue weighted by Gasteiger charge is -2.14. The van der Waals surface area contributed by atoms with Crippen LogP contribution in [0.15, 0.2) is 48.5 Å². The number of nitrogens with one attached hydrogen (secondary N) is 2. The first-order chi connectivity index (χ1) is 13.3. The van der Waals surface area contributed by atoms with Gasteiger partial charge < -0.3 is 15.4 Å². The Bertz CT molecular complexity index is 918. The van der Waals surface area contributed by atoms with Crippen LogP contribution in [0.5, 0.6) is 0 Å². The van der Waals surface area contributed by atoms with Gasteiger partial charge >= 0.3 is 5.97 Å². The zero-order valence-corrected chi connectivity index (χ0v) is 15.4. The smallest absolute Gasteiger partial charge is 0.328 e. The molecule has 9 nitrogen and oxygen atoms in total. The molecule has 1 atom stereocenters. The number of rotatable bonds is 7. The Morgan fingerprint density at radius 3 is 2.46 bits per heavy atom. The number of halogens is 1. The van der Waals surface area contributed by atoms with Gasteiger partial charge in [-0.15, -0.1) is 0 Å². The van der Waals surface area contributed by atoms with Crippen LogP contribution < -0.4 is 10.6 Å². The fraction of sp³-hybridized carbons (Fsp3) is 0.167. The van der Waals surface area contributed by atoms with E-state index in [4.69, 9.17) is 16.3 Å². The van der Waals surface area contributed by atoms with Gasteiger partial charge in [0.2, 0.25) is 0 Å². The van der Waals surface area contributed by atoms with E-state index in [1.165, 1.54) is 43.3 Å². The van der Waals surface area contributed by atoms with Gasteiger partial charge in [-0.05, 0) is 25.1 Å². The van der Waals surface area contributed by atoms with Gasteiger partial charge in [0, 0.05) is 6.07 Å². The molecule has 2 rings (SSSR count). The molecule has 0 saturated heterocycles. The summed E-state index contributed by atoms with van der Waals surface area (Å²) >= 11 is 5.92. The number of hydrogen-bond donors (Lipinski definition) is 2. The average molecular weight is 406 g/mol. The summed E-state index contributed by atoms with van der Waals surface area (Å²) in [6, 6.07) is 10.8. The maximum atomic E-state index is 12.1. The highest BCUT2D eigenvalue weighted by atomic mass is 35.5. The molecule has 0 unspecified atom stereocenters. The predicted molar refractivity (Wildman–Crippen MR) is 101 cm³/mol. The molecular formula is C18H16ClN3O6. The van der Waals surface area contributed by atoms with E-state index < -0.39 is 35.4 Å². The quantitative estimate of drug-likeness (QED) is 0.414. The third-order valence-electron chi connectivity index (χ3n) is 3.54. The van der Waals surface area contributed by atoms with E-state index in [0.717, 1.165) is 0 Å². The van der Waals surface area contributed by atoms with E-state index in [1.807, 2.05) is 0 Å². The molecule has 0 bridgehead atoms. The number of benzene rings is 2. The number of amides is 2. The van der Waals surface area contributed by atoms with Gasteiger partial charge in [-0.2, -0.15) is 0 Å². The lowest BCUT2D eigenvalue weighted by atomic mass is 10.2. The van der Waals surface area contributed by atoms with Crippen LogP contribution >= 0.6 is 11.6 Å². The van der Waals surface area contributed by atoms with Gasteiger partial charge in [0.1, 0.15) is 11.7 Å². The molecule has 10 heteroatoms. The second-order valence-corrected chi connectivity index (χ2v) is 6.01. The van der Waals surface area contributed by atoms with Crippen molar-refractivity contribution in [3.8, 4) is 0 Å². The molecule has 0 aliphatic rings. The molecule has 28 heavy (non-hydrogen) atoms. The SMILES string of the molecule is C[C@H](NC(=O)c1ccccc1Cl)C(=O)OCC(=O)Nc1ccccc1[N+](=O)[O-]. The van der Waals surface area contributed by atoms with Crippen molar-refractivity contribution in [2.24, 2.45) is 0 Å². The molecule has 0 aliphatic heterocycles. The first-order valence-corrected chi connectivity index (χ1v) is 8.42. The zero-order chi connectivity index (χ0) is 20.7. The van der Waals surface area contributed by atoms with E-state index in [-0.39, 0.29) is 22.0 Å². The minimum Gasteiger partial charge on any atom is -0.454 e. The predicted octanol–water partition coefficient (Wildman–Crippen LogP) is 2.55. The molecule has 146 valence electrons. The summed E-state index contributed by atoms with van der Waals surface area (Å²) in [7, 11) is 0.